The van der Waals surface area contributed by atoms with E-state index in [2.05, 4.69) is 15.6 Å². The van der Waals surface area contributed by atoms with Crippen LogP contribution in [0.2, 0.25) is 0 Å². The van der Waals surface area contributed by atoms with Crippen LogP contribution in [-0.4, -0.2) is 17.4 Å². The van der Waals surface area contributed by atoms with E-state index < -0.39 is 17.5 Å². The van der Waals surface area contributed by atoms with Gasteiger partial charge in [-0.3, -0.25) is 9.78 Å². The molecule has 0 unspecified atom stereocenters. The van der Waals surface area contributed by atoms with Gasteiger partial charge in [0.05, 0.1) is 0 Å². The molecule has 1 aromatic heterocycles. The van der Waals surface area contributed by atoms with Crippen LogP contribution in [-0.2, 0) is 6.42 Å². The second-order valence-corrected chi connectivity index (χ2v) is 7.20. The molecule has 4 nitrogen and oxygen atoms in total. The molecule has 0 spiro atoms. The Kier molecular flexibility index (Phi) is 6.51. The van der Waals surface area contributed by atoms with Crippen molar-refractivity contribution in [1.82, 2.24) is 4.98 Å². The highest BCUT2D eigenvalue weighted by Crippen LogP contribution is 2.28. The summed E-state index contributed by atoms with van der Waals surface area (Å²) in [7, 11) is 0. The first-order valence-corrected chi connectivity index (χ1v) is 10.2. The van der Waals surface area contributed by atoms with E-state index in [4.69, 9.17) is 0 Å². The number of hydrogen-bond donors (Lipinski definition) is 2. The maximum Gasteiger partial charge on any atom is 0.256 e. The molecule has 0 fully saturated rings. The number of aromatic nitrogens is 1. The van der Waals surface area contributed by atoms with Gasteiger partial charge in [-0.2, -0.15) is 0 Å². The minimum atomic E-state index is -0.590. The van der Waals surface area contributed by atoms with Gasteiger partial charge in [0.1, 0.15) is 11.6 Å². The zero-order valence-electron chi connectivity index (χ0n) is 17.2. The number of nitrogens with one attached hydrogen (secondary N) is 2. The summed E-state index contributed by atoms with van der Waals surface area (Å²) in [5, 5.41) is 6.14. The number of hydrogen-bond acceptors (Lipinski definition) is 3. The third-order valence-electron chi connectivity index (χ3n) is 4.97. The molecule has 0 bridgehead atoms. The summed E-state index contributed by atoms with van der Waals surface area (Å²) in [4.78, 5) is 17.2. The van der Waals surface area contributed by atoms with Crippen LogP contribution in [0.5, 0.6) is 0 Å². The Labute approximate surface area is 185 Å². The molecule has 0 aliphatic carbocycles. The Hall–Kier alpha value is -4.06. The van der Waals surface area contributed by atoms with Crippen LogP contribution in [0.4, 0.5) is 20.2 Å². The van der Waals surface area contributed by atoms with E-state index in [-0.39, 0.29) is 11.1 Å². The normalized spacial score (nSPS) is 10.6. The van der Waals surface area contributed by atoms with E-state index in [9.17, 15) is 13.6 Å². The first-order chi connectivity index (χ1) is 15.6. The molecular formula is C26H21F2N3O. The fourth-order valence-electron chi connectivity index (χ4n) is 3.37. The van der Waals surface area contributed by atoms with Crippen LogP contribution in [0.3, 0.4) is 0 Å². The van der Waals surface area contributed by atoms with E-state index in [1.807, 2.05) is 30.3 Å². The van der Waals surface area contributed by atoms with Crippen molar-refractivity contribution in [3.63, 3.8) is 0 Å². The van der Waals surface area contributed by atoms with Gasteiger partial charge in [0.2, 0.25) is 0 Å². The average molecular weight is 429 g/mol. The lowest BCUT2D eigenvalue weighted by atomic mass is 9.98. The van der Waals surface area contributed by atoms with E-state index in [0.717, 1.165) is 42.5 Å². The highest BCUT2D eigenvalue weighted by Gasteiger charge is 2.16. The molecule has 0 saturated carbocycles. The van der Waals surface area contributed by atoms with Gasteiger partial charge in [-0.1, -0.05) is 24.3 Å². The molecule has 1 amide bonds. The Balaban J connectivity index is 1.43. The third kappa shape index (κ3) is 5.16. The van der Waals surface area contributed by atoms with E-state index >= 15 is 0 Å². The van der Waals surface area contributed by atoms with Crippen molar-refractivity contribution in [1.29, 1.82) is 0 Å². The fourth-order valence-corrected chi connectivity index (χ4v) is 3.37. The van der Waals surface area contributed by atoms with Gasteiger partial charge in [0.15, 0.2) is 0 Å². The SMILES string of the molecule is O=C(Nc1ccc(NCCc2ccccn2)cc1)c1ccccc1-c1cc(F)ccc1F. The zero-order chi connectivity index (χ0) is 22.3. The van der Waals surface area contributed by atoms with Crippen molar-refractivity contribution in [2.24, 2.45) is 0 Å². The van der Waals surface area contributed by atoms with E-state index in [0.29, 0.717) is 11.3 Å². The second kappa shape index (κ2) is 9.83. The summed E-state index contributed by atoms with van der Waals surface area (Å²) in [6.07, 6.45) is 2.57. The number of carbonyl (C=O) groups is 1. The Morgan fingerprint density at radius 2 is 1.56 bits per heavy atom. The Morgan fingerprint density at radius 3 is 2.34 bits per heavy atom. The molecule has 0 aliphatic rings. The molecule has 2 N–H and O–H groups in total. The lowest BCUT2D eigenvalue weighted by Crippen LogP contribution is -2.13. The Morgan fingerprint density at radius 1 is 0.812 bits per heavy atom. The number of anilines is 2. The molecule has 0 saturated heterocycles. The summed E-state index contributed by atoms with van der Waals surface area (Å²) >= 11 is 0. The zero-order valence-corrected chi connectivity index (χ0v) is 17.2. The topological polar surface area (TPSA) is 54.0 Å². The van der Waals surface area contributed by atoms with Crippen LogP contribution < -0.4 is 10.6 Å². The van der Waals surface area contributed by atoms with Crippen molar-refractivity contribution < 1.29 is 13.6 Å². The molecule has 4 aromatic rings. The summed E-state index contributed by atoms with van der Waals surface area (Å²) in [5.41, 5.74) is 3.16. The Bertz CT molecular complexity index is 1210. The minimum Gasteiger partial charge on any atom is -0.385 e. The smallest absolute Gasteiger partial charge is 0.256 e. The molecule has 4 rings (SSSR count). The molecule has 1 heterocycles. The number of halogens is 2. The summed E-state index contributed by atoms with van der Waals surface area (Å²) in [5.74, 6) is -1.56. The number of rotatable bonds is 7. The second-order valence-electron chi connectivity index (χ2n) is 7.20. The fraction of sp³-hybridized carbons (Fsp3) is 0.0769. The first-order valence-electron chi connectivity index (χ1n) is 10.2. The molecule has 3 aromatic carbocycles. The largest absolute Gasteiger partial charge is 0.385 e. The number of pyridine rings is 1. The lowest BCUT2D eigenvalue weighted by molar-refractivity contribution is 0.102. The lowest BCUT2D eigenvalue weighted by Gasteiger charge is -2.12. The van der Waals surface area contributed by atoms with Crippen molar-refractivity contribution in [3.05, 3.63) is 114 Å². The quantitative estimate of drug-likeness (QED) is 0.383. The standard InChI is InChI=1S/C26H21F2N3O/c27-18-8-13-25(28)24(17-18)22-6-1-2-7-23(22)26(32)31-21-11-9-20(10-12-21)30-16-14-19-5-3-4-15-29-19/h1-13,15,17,30H,14,16H2,(H,31,32). The number of amides is 1. The molecule has 0 atom stereocenters. The molecular weight excluding hydrogens is 408 g/mol. The highest BCUT2D eigenvalue weighted by atomic mass is 19.1. The number of nitrogens with zero attached hydrogens (tertiary/aromatic N) is 1. The number of benzene rings is 3. The third-order valence-corrected chi connectivity index (χ3v) is 4.97. The van der Waals surface area contributed by atoms with Gasteiger partial charge in [-0.05, 0) is 66.2 Å². The summed E-state index contributed by atoms with van der Waals surface area (Å²) in [6.45, 7) is 0.731. The van der Waals surface area contributed by atoms with Crippen LogP contribution in [0.15, 0.2) is 91.1 Å². The van der Waals surface area contributed by atoms with E-state index in [1.165, 1.54) is 0 Å². The van der Waals surface area contributed by atoms with Crippen LogP contribution in [0.25, 0.3) is 11.1 Å². The van der Waals surface area contributed by atoms with Gasteiger partial charge < -0.3 is 10.6 Å². The predicted molar refractivity (Wildman–Crippen MR) is 123 cm³/mol. The van der Waals surface area contributed by atoms with Crippen molar-refractivity contribution in [3.8, 4) is 11.1 Å². The van der Waals surface area contributed by atoms with Crippen molar-refractivity contribution in [2.75, 3.05) is 17.2 Å². The first kappa shape index (κ1) is 21.2. The molecule has 160 valence electrons. The maximum atomic E-state index is 14.3. The van der Waals surface area contributed by atoms with Crippen LogP contribution >= 0.6 is 0 Å². The van der Waals surface area contributed by atoms with Gasteiger partial charge in [0.25, 0.3) is 5.91 Å². The van der Waals surface area contributed by atoms with Crippen LogP contribution in [0.1, 0.15) is 16.1 Å². The number of carbonyl (C=O) groups excluding carboxylic acids is 1. The predicted octanol–water partition coefficient (Wildman–Crippen LogP) is 5.93. The monoisotopic (exact) mass is 429 g/mol. The summed E-state index contributed by atoms with van der Waals surface area (Å²) < 4.78 is 27.9. The summed E-state index contributed by atoms with van der Waals surface area (Å²) in [6, 6.07) is 22.9. The van der Waals surface area contributed by atoms with Gasteiger partial charge in [0, 0.05) is 47.4 Å². The van der Waals surface area contributed by atoms with Gasteiger partial charge >= 0.3 is 0 Å². The van der Waals surface area contributed by atoms with E-state index in [1.54, 1.807) is 42.6 Å². The molecule has 32 heavy (non-hydrogen) atoms. The molecule has 0 radical (unpaired) electrons. The highest BCUT2D eigenvalue weighted by molar-refractivity contribution is 6.08. The van der Waals surface area contributed by atoms with Crippen molar-refractivity contribution in [2.45, 2.75) is 6.42 Å². The van der Waals surface area contributed by atoms with Gasteiger partial charge in [-0.15, -0.1) is 0 Å². The minimum absolute atomic E-state index is 0.0446. The molecule has 0 aliphatic heterocycles. The maximum absolute atomic E-state index is 14.3. The van der Waals surface area contributed by atoms with Crippen molar-refractivity contribution >= 4 is 17.3 Å². The molecule has 6 heteroatoms. The van der Waals surface area contributed by atoms with Gasteiger partial charge in [-0.25, -0.2) is 8.78 Å². The average Bonchev–Trinajstić information content (AvgIpc) is 2.82. The van der Waals surface area contributed by atoms with Crippen LogP contribution in [0, 0.1) is 11.6 Å².